The van der Waals surface area contributed by atoms with E-state index in [2.05, 4.69) is 12.1 Å². The summed E-state index contributed by atoms with van der Waals surface area (Å²) in [6, 6.07) is 11.9. The molecule has 1 spiro atoms. The maximum absolute atomic E-state index is 12.4. The molecule has 0 fully saturated rings. The van der Waals surface area contributed by atoms with Gasteiger partial charge in [-0.2, -0.15) is 0 Å². The summed E-state index contributed by atoms with van der Waals surface area (Å²) in [6.45, 7) is 6.31. The lowest BCUT2D eigenvalue weighted by Gasteiger charge is -2.28. The smallest absolute Gasteiger partial charge is 0.338 e. The molecule has 4 heteroatoms. The fourth-order valence-electron chi connectivity index (χ4n) is 4.25. The van der Waals surface area contributed by atoms with Crippen LogP contribution < -0.4 is 4.74 Å². The lowest BCUT2D eigenvalue weighted by molar-refractivity contribution is 0.00694. The quantitative estimate of drug-likeness (QED) is 0.608. The van der Waals surface area contributed by atoms with Crippen molar-refractivity contribution < 1.29 is 14.3 Å². The number of carbonyl (C=O) groups is 1. The molecule has 2 aliphatic rings. The normalized spacial score (nSPS) is 21.2. The molecule has 27 heavy (non-hydrogen) atoms. The molecule has 3 nitrogen and oxygen atoms in total. The van der Waals surface area contributed by atoms with Crippen LogP contribution in [-0.4, -0.2) is 18.2 Å². The zero-order valence-electron chi connectivity index (χ0n) is 16.1. The van der Waals surface area contributed by atoms with Crippen LogP contribution in [0.1, 0.15) is 60.7 Å². The standard InChI is InChI=1S/C23H25ClO3/c1-22(2,3)27-21(25)17-4-7-20-16(12-17)9-11-23(14-26-20)10-8-15-13-18(24)5-6-19(15)23/h4-7,12-13H,8-11,14H2,1-3H3/t23-/m1/s1. The van der Waals surface area contributed by atoms with Gasteiger partial charge in [-0.05, 0) is 93.5 Å². The molecule has 2 aromatic carbocycles. The Morgan fingerprint density at radius 1 is 1.07 bits per heavy atom. The van der Waals surface area contributed by atoms with Crippen molar-refractivity contribution >= 4 is 17.6 Å². The molecule has 2 aromatic rings. The van der Waals surface area contributed by atoms with Gasteiger partial charge in [0, 0.05) is 10.4 Å². The number of hydrogen-bond acceptors (Lipinski definition) is 3. The highest BCUT2D eigenvalue weighted by molar-refractivity contribution is 6.30. The summed E-state index contributed by atoms with van der Waals surface area (Å²) in [5.41, 5.74) is 3.91. The Bertz CT molecular complexity index is 897. The number of halogens is 1. The number of ether oxygens (including phenoxy) is 2. The van der Waals surface area contributed by atoms with E-state index in [1.807, 2.05) is 39.0 Å². The number of rotatable bonds is 1. The molecular weight excluding hydrogens is 360 g/mol. The summed E-state index contributed by atoms with van der Waals surface area (Å²) in [5.74, 6) is 0.590. The molecule has 1 aliphatic carbocycles. The number of carbonyl (C=O) groups excluding carboxylic acids is 1. The number of aryl methyl sites for hydroxylation is 2. The fourth-order valence-corrected chi connectivity index (χ4v) is 4.44. The Morgan fingerprint density at radius 3 is 2.56 bits per heavy atom. The lowest BCUT2D eigenvalue weighted by Crippen LogP contribution is -2.30. The third-order valence-corrected chi connectivity index (χ3v) is 5.82. The second-order valence-corrected chi connectivity index (χ2v) is 9.13. The minimum atomic E-state index is -0.501. The molecule has 1 atom stereocenters. The first kappa shape index (κ1) is 18.4. The van der Waals surface area contributed by atoms with Crippen molar-refractivity contribution in [3.05, 3.63) is 63.7 Å². The topological polar surface area (TPSA) is 35.5 Å². The van der Waals surface area contributed by atoms with Crippen molar-refractivity contribution in [3.8, 4) is 5.75 Å². The van der Waals surface area contributed by atoms with Gasteiger partial charge in [0.2, 0.25) is 0 Å². The van der Waals surface area contributed by atoms with Crippen LogP contribution in [0.15, 0.2) is 36.4 Å². The Kier molecular flexibility index (Phi) is 4.46. The predicted octanol–water partition coefficient (Wildman–Crippen LogP) is 5.50. The van der Waals surface area contributed by atoms with Gasteiger partial charge in [-0.1, -0.05) is 17.7 Å². The second kappa shape index (κ2) is 6.56. The minimum absolute atomic E-state index is 0.0328. The Morgan fingerprint density at radius 2 is 1.81 bits per heavy atom. The molecule has 0 bridgehead atoms. The zero-order chi connectivity index (χ0) is 19.2. The molecular formula is C23H25ClO3. The van der Waals surface area contributed by atoms with Crippen LogP contribution in [0.2, 0.25) is 5.02 Å². The highest BCUT2D eigenvalue weighted by Gasteiger charge is 2.41. The molecule has 0 radical (unpaired) electrons. The molecule has 0 saturated carbocycles. The van der Waals surface area contributed by atoms with Crippen molar-refractivity contribution in [1.82, 2.24) is 0 Å². The van der Waals surface area contributed by atoms with E-state index in [4.69, 9.17) is 21.1 Å². The maximum atomic E-state index is 12.4. The lowest BCUT2D eigenvalue weighted by atomic mass is 9.78. The third kappa shape index (κ3) is 3.58. The fraction of sp³-hybridized carbons (Fsp3) is 0.435. The van der Waals surface area contributed by atoms with Crippen molar-refractivity contribution in [2.24, 2.45) is 0 Å². The molecule has 142 valence electrons. The van der Waals surface area contributed by atoms with E-state index in [1.54, 1.807) is 6.07 Å². The molecule has 1 aliphatic heterocycles. The van der Waals surface area contributed by atoms with Crippen molar-refractivity contribution in [2.45, 2.75) is 57.5 Å². The zero-order valence-corrected chi connectivity index (χ0v) is 16.9. The SMILES string of the molecule is CC(C)(C)OC(=O)c1ccc2c(c1)CC[C@]1(CCc3cc(Cl)ccc31)CO2. The monoisotopic (exact) mass is 384 g/mol. The molecule has 0 N–H and O–H groups in total. The first-order chi connectivity index (χ1) is 12.8. The first-order valence-electron chi connectivity index (χ1n) is 9.54. The average Bonchev–Trinajstić information content (AvgIpc) is 2.83. The largest absolute Gasteiger partial charge is 0.492 e. The van der Waals surface area contributed by atoms with E-state index in [-0.39, 0.29) is 11.4 Å². The first-order valence-corrected chi connectivity index (χ1v) is 9.92. The summed E-state index contributed by atoms with van der Waals surface area (Å²) < 4.78 is 11.7. The summed E-state index contributed by atoms with van der Waals surface area (Å²) in [4.78, 5) is 12.4. The Hall–Kier alpha value is -2.00. The van der Waals surface area contributed by atoms with Crippen LogP contribution in [0.5, 0.6) is 5.75 Å². The summed E-state index contributed by atoms with van der Waals surface area (Å²) in [7, 11) is 0. The van der Waals surface area contributed by atoms with Crippen molar-refractivity contribution in [2.75, 3.05) is 6.61 Å². The molecule has 1 heterocycles. The summed E-state index contributed by atoms with van der Waals surface area (Å²) in [6.07, 6.45) is 4.01. The Labute approximate surface area is 165 Å². The highest BCUT2D eigenvalue weighted by Crippen LogP contribution is 2.45. The van der Waals surface area contributed by atoms with Crippen LogP contribution in [0, 0.1) is 0 Å². The third-order valence-electron chi connectivity index (χ3n) is 5.58. The average molecular weight is 385 g/mol. The number of esters is 1. The van der Waals surface area contributed by atoms with E-state index in [0.29, 0.717) is 12.2 Å². The molecule has 0 amide bonds. The van der Waals surface area contributed by atoms with Crippen LogP contribution in [0.25, 0.3) is 0 Å². The van der Waals surface area contributed by atoms with Gasteiger partial charge < -0.3 is 9.47 Å². The Balaban J connectivity index is 1.59. The summed E-state index contributed by atoms with van der Waals surface area (Å²) >= 11 is 6.17. The van der Waals surface area contributed by atoms with E-state index >= 15 is 0 Å². The highest BCUT2D eigenvalue weighted by atomic mass is 35.5. The van der Waals surface area contributed by atoms with E-state index in [1.165, 1.54) is 11.1 Å². The van der Waals surface area contributed by atoms with E-state index in [0.717, 1.165) is 42.0 Å². The predicted molar refractivity (Wildman–Crippen MR) is 107 cm³/mol. The van der Waals surface area contributed by atoms with Crippen molar-refractivity contribution in [1.29, 1.82) is 0 Å². The van der Waals surface area contributed by atoms with Gasteiger partial charge in [0.1, 0.15) is 11.4 Å². The van der Waals surface area contributed by atoms with Gasteiger partial charge in [0.25, 0.3) is 0 Å². The minimum Gasteiger partial charge on any atom is -0.492 e. The van der Waals surface area contributed by atoms with Crippen LogP contribution >= 0.6 is 11.6 Å². The van der Waals surface area contributed by atoms with Crippen LogP contribution in [-0.2, 0) is 23.0 Å². The maximum Gasteiger partial charge on any atom is 0.338 e. The van der Waals surface area contributed by atoms with E-state index in [9.17, 15) is 4.79 Å². The van der Waals surface area contributed by atoms with Gasteiger partial charge in [-0.3, -0.25) is 0 Å². The molecule has 0 unspecified atom stereocenters. The number of fused-ring (bicyclic) bond motifs is 3. The van der Waals surface area contributed by atoms with Gasteiger partial charge >= 0.3 is 5.97 Å². The number of hydrogen-bond donors (Lipinski definition) is 0. The van der Waals surface area contributed by atoms with Crippen LogP contribution in [0.3, 0.4) is 0 Å². The number of benzene rings is 2. The molecule has 0 aromatic heterocycles. The van der Waals surface area contributed by atoms with Gasteiger partial charge in [-0.25, -0.2) is 4.79 Å². The van der Waals surface area contributed by atoms with Gasteiger partial charge in [-0.15, -0.1) is 0 Å². The summed E-state index contributed by atoms with van der Waals surface area (Å²) in [5, 5.41) is 0.797. The second-order valence-electron chi connectivity index (χ2n) is 8.69. The van der Waals surface area contributed by atoms with E-state index < -0.39 is 5.60 Å². The van der Waals surface area contributed by atoms with Crippen LogP contribution in [0.4, 0.5) is 0 Å². The van der Waals surface area contributed by atoms with Crippen molar-refractivity contribution in [3.63, 3.8) is 0 Å². The molecule has 4 rings (SSSR count). The van der Waals surface area contributed by atoms with Gasteiger partial charge in [0.05, 0.1) is 12.2 Å². The van der Waals surface area contributed by atoms with Gasteiger partial charge in [0.15, 0.2) is 0 Å². The molecule has 0 saturated heterocycles.